The van der Waals surface area contributed by atoms with Crippen LogP contribution in [0.1, 0.15) is 27.2 Å². The van der Waals surface area contributed by atoms with Gasteiger partial charge in [-0.3, -0.25) is 4.79 Å². The van der Waals surface area contributed by atoms with E-state index in [0.29, 0.717) is 13.2 Å². The number of carbonyl (C=O) groups is 1. The highest BCUT2D eigenvalue weighted by atomic mass is 16.5. The summed E-state index contributed by atoms with van der Waals surface area (Å²) in [6.07, 6.45) is 0.934. The number of methoxy groups -OCH3 is 1. The summed E-state index contributed by atoms with van der Waals surface area (Å²) in [6, 6.07) is 7.76. The number of aliphatic imine (C=N–C) groups is 1. The molecule has 2 N–H and O–H groups in total. The van der Waals surface area contributed by atoms with Crippen LogP contribution in [0.15, 0.2) is 29.3 Å². The number of guanidine groups is 1. The van der Waals surface area contributed by atoms with E-state index in [2.05, 4.69) is 15.6 Å². The lowest BCUT2D eigenvalue weighted by molar-refractivity contribution is -0.133. The van der Waals surface area contributed by atoms with Crippen molar-refractivity contribution in [2.45, 2.75) is 33.2 Å². The van der Waals surface area contributed by atoms with Gasteiger partial charge in [0.15, 0.2) is 5.96 Å². The van der Waals surface area contributed by atoms with Gasteiger partial charge in [0.05, 0.1) is 13.7 Å². The lowest BCUT2D eigenvalue weighted by atomic mass is 10.2. The molecule has 0 aromatic heterocycles. The molecule has 1 atom stereocenters. The Balaban J connectivity index is 1.81. The molecular formula is C20H32N4O3. The summed E-state index contributed by atoms with van der Waals surface area (Å²) in [5.41, 5.74) is 0. The van der Waals surface area contributed by atoms with E-state index >= 15 is 0 Å². The van der Waals surface area contributed by atoms with Crippen LogP contribution in [0, 0.1) is 5.92 Å². The van der Waals surface area contributed by atoms with Crippen LogP contribution in [0.2, 0.25) is 0 Å². The van der Waals surface area contributed by atoms with E-state index < -0.39 is 0 Å². The molecule has 2 rings (SSSR count). The first-order valence-corrected chi connectivity index (χ1v) is 9.64. The van der Waals surface area contributed by atoms with Crippen molar-refractivity contribution in [2.75, 3.05) is 39.9 Å². The molecule has 150 valence electrons. The number of hydrogen-bond donors (Lipinski definition) is 2. The summed E-state index contributed by atoms with van der Waals surface area (Å²) < 4.78 is 10.9. The fraction of sp³-hybridized carbons (Fsp3) is 0.600. The summed E-state index contributed by atoms with van der Waals surface area (Å²) in [5, 5.41) is 6.68. The molecule has 1 aromatic carbocycles. The molecule has 1 aromatic rings. The van der Waals surface area contributed by atoms with Crippen LogP contribution in [0.5, 0.6) is 11.5 Å². The summed E-state index contributed by atoms with van der Waals surface area (Å²) in [7, 11) is 1.64. The third-order valence-electron chi connectivity index (χ3n) is 4.35. The molecule has 1 aliphatic heterocycles. The molecule has 0 radical (unpaired) electrons. The Morgan fingerprint density at radius 2 is 2.15 bits per heavy atom. The number of nitrogens with zero attached hydrogens (tertiary/aromatic N) is 2. The van der Waals surface area contributed by atoms with Gasteiger partial charge in [0, 0.05) is 37.7 Å². The second kappa shape index (κ2) is 10.6. The second-order valence-electron chi connectivity index (χ2n) is 6.86. The molecule has 0 saturated carbocycles. The van der Waals surface area contributed by atoms with Crippen LogP contribution in [-0.2, 0) is 4.79 Å². The summed E-state index contributed by atoms with van der Waals surface area (Å²) >= 11 is 0. The van der Waals surface area contributed by atoms with E-state index in [1.54, 1.807) is 7.11 Å². The maximum Gasteiger partial charge on any atom is 0.225 e. The Morgan fingerprint density at radius 1 is 1.37 bits per heavy atom. The van der Waals surface area contributed by atoms with Gasteiger partial charge in [0.25, 0.3) is 0 Å². The third-order valence-corrected chi connectivity index (χ3v) is 4.35. The smallest absolute Gasteiger partial charge is 0.225 e. The molecule has 1 heterocycles. The van der Waals surface area contributed by atoms with Crippen LogP contribution in [-0.4, -0.2) is 62.7 Å². The van der Waals surface area contributed by atoms with Crippen LogP contribution in [0.3, 0.4) is 0 Å². The molecule has 0 spiro atoms. The Morgan fingerprint density at radius 3 is 2.85 bits per heavy atom. The van der Waals surface area contributed by atoms with E-state index in [9.17, 15) is 4.79 Å². The van der Waals surface area contributed by atoms with Gasteiger partial charge in [-0.25, -0.2) is 4.99 Å². The molecule has 0 aliphatic carbocycles. The fourth-order valence-electron chi connectivity index (χ4n) is 2.97. The summed E-state index contributed by atoms with van der Waals surface area (Å²) in [6.45, 7) is 9.24. The highest BCUT2D eigenvalue weighted by Gasteiger charge is 2.27. The first-order chi connectivity index (χ1) is 13.0. The van der Waals surface area contributed by atoms with Gasteiger partial charge in [0.2, 0.25) is 5.91 Å². The van der Waals surface area contributed by atoms with Crippen LogP contribution < -0.4 is 20.1 Å². The number of amides is 1. The minimum absolute atomic E-state index is 0.0411. The van der Waals surface area contributed by atoms with Crippen LogP contribution in [0.25, 0.3) is 0 Å². The van der Waals surface area contributed by atoms with Crippen molar-refractivity contribution in [3.05, 3.63) is 24.3 Å². The van der Waals surface area contributed by atoms with Crippen molar-refractivity contribution in [3.8, 4) is 11.5 Å². The number of likely N-dealkylation sites (tertiary alicyclic amines) is 1. The molecule has 1 saturated heterocycles. The van der Waals surface area contributed by atoms with Crippen molar-refractivity contribution in [1.29, 1.82) is 0 Å². The quantitative estimate of drug-likeness (QED) is 0.412. The standard InChI is InChI=1S/C20H32N4O3/c1-5-21-20(23-16-9-11-24(14-16)19(25)15(2)3)22-10-12-27-18-8-6-7-17(13-18)26-4/h6-8,13,15-16H,5,9-12,14H2,1-4H3,(H2,21,22,23). The van der Waals surface area contributed by atoms with Gasteiger partial charge in [-0.15, -0.1) is 0 Å². The van der Waals surface area contributed by atoms with Gasteiger partial charge >= 0.3 is 0 Å². The molecule has 1 amide bonds. The number of carbonyl (C=O) groups excluding carboxylic acids is 1. The normalized spacial score (nSPS) is 17.1. The van der Waals surface area contributed by atoms with Crippen molar-refractivity contribution in [3.63, 3.8) is 0 Å². The Kier molecular flexibility index (Phi) is 8.23. The van der Waals surface area contributed by atoms with Crippen molar-refractivity contribution in [1.82, 2.24) is 15.5 Å². The molecule has 7 nitrogen and oxygen atoms in total. The van der Waals surface area contributed by atoms with Crippen molar-refractivity contribution < 1.29 is 14.3 Å². The van der Waals surface area contributed by atoms with Gasteiger partial charge < -0.3 is 25.0 Å². The first-order valence-electron chi connectivity index (χ1n) is 9.64. The highest BCUT2D eigenvalue weighted by molar-refractivity contribution is 5.81. The van der Waals surface area contributed by atoms with Crippen molar-refractivity contribution >= 4 is 11.9 Å². The SMILES string of the molecule is CCNC(=NCCOc1cccc(OC)c1)NC1CCN(C(=O)C(C)C)C1. The highest BCUT2D eigenvalue weighted by Crippen LogP contribution is 2.18. The maximum absolute atomic E-state index is 12.1. The number of benzene rings is 1. The Bertz CT molecular complexity index is 633. The molecule has 1 aliphatic rings. The minimum Gasteiger partial charge on any atom is -0.497 e. The predicted octanol–water partition coefficient (Wildman–Crippen LogP) is 1.89. The second-order valence-corrected chi connectivity index (χ2v) is 6.86. The van der Waals surface area contributed by atoms with E-state index in [1.807, 2.05) is 49.9 Å². The fourth-order valence-corrected chi connectivity index (χ4v) is 2.97. The van der Waals surface area contributed by atoms with E-state index in [4.69, 9.17) is 9.47 Å². The first kappa shape index (κ1) is 20.9. The number of ether oxygens (including phenoxy) is 2. The number of nitrogens with one attached hydrogen (secondary N) is 2. The predicted molar refractivity (Wildman–Crippen MR) is 107 cm³/mol. The average molecular weight is 377 g/mol. The topological polar surface area (TPSA) is 75.2 Å². The van der Waals surface area contributed by atoms with Gasteiger partial charge in [-0.1, -0.05) is 19.9 Å². The molecule has 7 heteroatoms. The summed E-state index contributed by atoms with van der Waals surface area (Å²) in [5.74, 6) is 2.55. The van der Waals surface area contributed by atoms with Gasteiger partial charge in [-0.05, 0) is 25.5 Å². The Labute approximate surface area is 162 Å². The van der Waals surface area contributed by atoms with E-state index in [-0.39, 0.29) is 17.9 Å². The molecule has 1 unspecified atom stereocenters. The zero-order valence-corrected chi connectivity index (χ0v) is 16.8. The van der Waals surface area contributed by atoms with Gasteiger partial charge in [0.1, 0.15) is 18.1 Å². The third kappa shape index (κ3) is 6.66. The monoisotopic (exact) mass is 376 g/mol. The number of hydrogen-bond acceptors (Lipinski definition) is 4. The van der Waals surface area contributed by atoms with Crippen LogP contribution >= 0.6 is 0 Å². The van der Waals surface area contributed by atoms with E-state index in [0.717, 1.165) is 43.5 Å². The molecule has 1 fully saturated rings. The zero-order valence-electron chi connectivity index (χ0n) is 16.8. The minimum atomic E-state index is 0.0411. The lowest BCUT2D eigenvalue weighted by Crippen LogP contribution is -2.45. The summed E-state index contributed by atoms with van der Waals surface area (Å²) in [4.78, 5) is 18.6. The van der Waals surface area contributed by atoms with Gasteiger partial charge in [-0.2, -0.15) is 0 Å². The van der Waals surface area contributed by atoms with Crippen molar-refractivity contribution in [2.24, 2.45) is 10.9 Å². The molecular weight excluding hydrogens is 344 g/mol. The zero-order chi connectivity index (χ0) is 19.6. The molecule has 27 heavy (non-hydrogen) atoms. The average Bonchev–Trinajstić information content (AvgIpc) is 3.13. The largest absolute Gasteiger partial charge is 0.497 e. The lowest BCUT2D eigenvalue weighted by Gasteiger charge is -2.20. The Hall–Kier alpha value is -2.44. The molecule has 0 bridgehead atoms. The number of rotatable bonds is 8. The maximum atomic E-state index is 12.1. The van der Waals surface area contributed by atoms with E-state index in [1.165, 1.54) is 0 Å². The van der Waals surface area contributed by atoms with Crippen LogP contribution in [0.4, 0.5) is 0 Å².